The van der Waals surface area contributed by atoms with E-state index in [1.165, 1.54) is 128 Å². The van der Waals surface area contributed by atoms with E-state index in [9.17, 15) is 20.4 Å². The molecule has 0 bridgehead atoms. The van der Waals surface area contributed by atoms with Gasteiger partial charge in [-0.15, -0.1) is 13.1 Å². The summed E-state index contributed by atoms with van der Waals surface area (Å²) in [4.78, 5) is 2.42. The standard InChI is InChI=1S/C45H81N2O4.Co/c1-32-16-15-24-36(30-32)42(35-21-9-4-10-22-35)45(51)47(29-28-46-31-37-23-11-13-26-39(37)48)43(38-25-12-14-27-40(38)49)44(50)41(33-17-5-2-6-18-33)34-19-7-3-8-20-34;/h32-45,48-51H,2-31H2,1H3;/q-1;+2. The number of nitrogens with zero attached hydrogens (tertiary/aromatic N) is 2. The number of aliphatic hydroxyl groups is 4. The van der Waals surface area contributed by atoms with Crippen LogP contribution in [0, 0.1) is 53.3 Å². The maximum Gasteiger partial charge on any atom is 2.00 e. The number of hydrogen-bond acceptors (Lipinski definition) is 5. The van der Waals surface area contributed by atoms with Crippen molar-refractivity contribution in [1.82, 2.24) is 4.90 Å². The number of rotatable bonds is 15. The zero-order valence-corrected chi connectivity index (χ0v) is 34.4. The van der Waals surface area contributed by atoms with Crippen molar-refractivity contribution in [3.8, 4) is 0 Å². The van der Waals surface area contributed by atoms with E-state index in [4.69, 9.17) is 5.32 Å². The van der Waals surface area contributed by atoms with Crippen LogP contribution in [0.15, 0.2) is 0 Å². The van der Waals surface area contributed by atoms with Gasteiger partial charge in [0, 0.05) is 17.9 Å². The molecule has 6 rings (SSSR count). The predicted molar refractivity (Wildman–Crippen MR) is 209 cm³/mol. The van der Waals surface area contributed by atoms with Gasteiger partial charge in [0.1, 0.15) is 6.23 Å². The molecular weight excluding hydrogens is 691 g/mol. The van der Waals surface area contributed by atoms with E-state index >= 15 is 0 Å². The Morgan fingerprint density at radius 2 is 1.06 bits per heavy atom. The van der Waals surface area contributed by atoms with Crippen molar-refractivity contribution in [3.05, 3.63) is 5.32 Å². The smallest absolute Gasteiger partial charge is 0.661 e. The second kappa shape index (κ2) is 22.3. The summed E-state index contributed by atoms with van der Waals surface area (Å²) in [6, 6.07) is -0.244. The molecule has 6 fully saturated rings. The van der Waals surface area contributed by atoms with Gasteiger partial charge in [-0.1, -0.05) is 148 Å². The molecule has 0 amide bonds. The molecule has 0 aromatic rings. The molecule has 0 spiro atoms. The Kier molecular flexibility index (Phi) is 18.6. The first-order valence-corrected chi connectivity index (χ1v) is 23.0. The summed E-state index contributed by atoms with van der Waals surface area (Å²) >= 11 is 0. The second-order valence-electron chi connectivity index (χ2n) is 19.3. The third-order valence-electron chi connectivity index (χ3n) is 15.9. The number of hydrogen-bond donors (Lipinski definition) is 4. The minimum Gasteiger partial charge on any atom is -0.661 e. The largest absolute Gasteiger partial charge is 2.00 e. The van der Waals surface area contributed by atoms with Crippen molar-refractivity contribution in [2.24, 2.45) is 53.3 Å². The van der Waals surface area contributed by atoms with Crippen LogP contribution in [-0.4, -0.2) is 75.5 Å². The van der Waals surface area contributed by atoms with Crippen LogP contribution >= 0.6 is 0 Å². The summed E-state index contributed by atoms with van der Waals surface area (Å²) in [5.74, 6) is 3.54. The van der Waals surface area contributed by atoms with Gasteiger partial charge in [-0.3, -0.25) is 4.90 Å². The second-order valence-corrected chi connectivity index (χ2v) is 19.3. The molecule has 0 heterocycles. The maximum absolute atomic E-state index is 13.3. The van der Waals surface area contributed by atoms with Crippen molar-refractivity contribution in [2.45, 2.75) is 211 Å². The van der Waals surface area contributed by atoms with E-state index in [0.29, 0.717) is 49.2 Å². The molecule has 52 heavy (non-hydrogen) atoms. The quantitative estimate of drug-likeness (QED) is 0.0983. The van der Waals surface area contributed by atoms with Gasteiger partial charge < -0.3 is 25.7 Å². The van der Waals surface area contributed by atoms with E-state index in [-0.39, 0.29) is 52.6 Å². The Balaban J connectivity index is 0.00000523. The maximum atomic E-state index is 13.3. The molecule has 0 saturated heterocycles. The van der Waals surface area contributed by atoms with Gasteiger partial charge in [0.15, 0.2) is 0 Å². The van der Waals surface area contributed by atoms with Gasteiger partial charge in [-0.2, -0.15) is 0 Å². The Hall–Kier alpha value is 0.266. The Labute approximate surface area is 330 Å². The molecule has 10 unspecified atom stereocenters. The van der Waals surface area contributed by atoms with Crippen LogP contribution in [0.25, 0.3) is 5.32 Å². The topological polar surface area (TPSA) is 98.3 Å². The van der Waals surface area contributed by atoms with Crippen molar-refractivity contribution in [1.29, 1.82) is 0 Å². The van der Waals surface area contributed by atoms with Crippen LogP contribution < -0.4 is 0 Å². The average Bonchev–Trinajstić information content (AvgIpc) is 3.15. The fourth-order valence-electron chi connectivity index (χ4n) is 13.2. The molecule has 6 aliphatic rings. The summed E-state index contributed by atoms with van der Waals surface area (Å²) in [7, 11) is 0. The molecule has 0 aromatic carbocycles. The predicted octanol–water partition coefficient (Wildman–Crippen LogP) is 9.61. The summed E-state index contributed by atoms with van der Waals surface area (Å²) in [6.45, 7) is 4.39. The molecule has 1 radical (unpaired) electrons. The number of aliphatic hydroxyl groups excluding tert-OH is 4. The van der Waals surface area contributed by atoms with Gasteiger partial charge >= 0.3 is 16.8 Å². The van der Waals surface area contributed by atoms with E-state index in [1.807, 2.05) is 0 Å². The van der Waals surface area contributed by atoms with E-state index < -0.39 is 18.4 Å². The monoisotopic (exact) mass is 773 g/mol. The first-order valence-electron chi connectivity index (χ1n) is 23.0. The summed E-state index contributed by atoms with van der Waals surface area (Å²) in [6.07, 6.45) is 30.3. The average molecular weight is 773 g/mol. The SMILES string of the molecule is CC1CCCC(C(C2CCCCC2)C(O)N(CC[N-]CC2CCCCC2O)C(C(O)C(C2CCCCC2)C2CCCCC2)C2CCCCC2O)C1.[Co+2]. The van der Waals surface area contributed by atoms with Crippen LogP contribution in [0.2, 0.25) is 0 Å². The first-order chi connectivity index (χ1) is 24.9. The molecule has 10 atom stereocenters. The van der Waals surface area contributed by atoms with Crippen LogP contribution in [0.3, 0.4) is 0 Å². The van der Waals surface area contributed by atoms with Crippen molar-refractivity contribution < 1.29 is 37.2 Å². The van der Waals surface area contributed by atoms with Gasteiger partial charge in [-0.25, -0.2) is 0 Å². The Morgan fingerprint density at radius 1 is 0.558 bits per heavy atom. The van der Waals surface area contributed by atoms with Crippen LogP contribution in [0.1, 0.15) is 180 Å². The molecule has 4 N–H and O–H groups in total. The van der Waals surface area contributed by atoms with Gasteiger partial charge in [0.05, 0.1) is 18.3 Å². The third-order valence-corrected chi connectivity index (χ3v) is 15.9. The van der Waals surface area contributed by atoms with E-state index in [2.05, 4.69) is 11.8 Å². The van der Waals surface area contributed by atoms with Crippen LogP contribution in [-0.2, 0) is 16.8 Å². The van der Waals surface area contributed by atoms with Crippen molar-refractivity contribution in [2.75, 3.05) is 19.6 Å². The summed E-state index contributed by atoms with van der Waals surface area (Å²) < 4.78 is 0. The molecule has 0 aliphatic heterocycles. The molecule has 0 aromatic heterocycles. The van der Waals surface area contributed by atoms with Gasteiger partial charge in [0.25, 0.3) is 0 Å². The first kappa shape index (κ1) is 43.4. The summed E-state index contributed by atoms with van der Waals surface area (Å²) in [5.41, 5.74) is 0. The van der Waals surface area contributed by atoms with Crippen LogP contribution in [0.5, 0.6) is 0 Å². The fourth-order valence-corrected chi connectivity index (χ4v) is 13.2. The van der Waals surface area contributed by atoms with E-state index in [0.717, 1.165) is 44.9 Å². The fraction of sp³-hybridized carbons (Fsp3) is 1.00. The molecule has 6 aliphatic carbocycles. The van der Waals surface area contributed by atoms with E-state index in [1.54, 1.807) is 0 Å². The third kappa shape index (κ3) is 11.4. The molecule has 7 heteroatoms. The minimum atomic E-state index is -0.619. The van der Waals surface area contributed by atoms with Crippen LogP contribution in [0.4, 0.5) is 0 Å². The molecular formula is C45H81CoN2O4+. The zero-order valence-electron chi connectivity index (χ0n) is 33.3. The summed E-state index contributed by atoms with van der Waals surface area (Å²) in [5, 5.41) is 54.3. The minimum absolute atomic E-state index is 0. The van der Waals surface area contributed by atoms with Gasteiger partial charge in [0.2, 0.25) is 0 Å². The van der Waals surface area contributed by atoms with Crippen molar-refractivity contribution >= 4 is 0 Å². The zero-order chi connectivity index (χ0) is 35.6. The Morgan fingerprint density at radius 3 is 1.62 bits per heavy atom. The molecule has 6 saturated carbocycles. The molecule has 6 nitrogen and oxygen atoms in total. The Bertz CT molecular complexity index is 953. The van der Waals surface area contributed by atoms with Crippen molar-refractivity contribution in [3.63, 3.8) is 0 Å². The normalized spacial score (nSPS) is 34.4. The molecule has 303 valence electrons. The van der Waals surface area contributed by atoms with Gasteiger partial charge in [-0.05, 0) is 80.1 Å².